The molecule has 1 saturated heterocycles. The molecule has 3 aromatic heterocycles. The third kappa shape index (κ3) is 5.57. The number of amides is 1. The maximum absolute atomic E-state index is 13.2. The monoisotopic (exact) mass is 569 g/mol. The molecule has 2 aromatic carbocycles. The van der Waals surface area contributed by atoms with Crippen molar-refractivity contribution in [2.45, 2.75) is 26.7 Å². The number of anilines is 2. The molecule has 212 valence electrons. The van der Waals surface area contributed by atoms with Gasteiger partial charge in [-0.2, -0.15) is 0 Å². The number of morpholine rings is 1. The number of nitrogens with zero attached hydrogens (tertiary/aromatic N) is 4. The van der Waals surface area contributed by atoms with Crippen LogP contribution in [-0.2, 0) is 9.53 Å². The summed E-state index contributed by atoms with van der Waals surface area (Å²) in [5.41, 5.74) is 3.34. The standard InChI is InChI=1S/C32H35N5O3S/c1-3-12-36(13-4-2)28-20-30(39)37-14-6-9-25(32(37)34-28)23-7-5-8-24-26-19-22(10-11-27(26)41-31(23)24)33-29(38)21-35-15-17-40-18-16-35/h5-11,14,19-20H,3-4,12-13,15-18,21H2,1-2H3,(H,33,38). The predicted octanol–water partition coefficient (Wildman–Crippen LogP) is 5.63. The number of thiophene rings is 1. The van der Waals surface area contributed by atoms with Crippen LogP contribution in [0.1, 0.15) is 26.7 Å². The quantitative estimate of drug-likeness (QED) is 0.248. The molecular formula is C32H35N5O3S. The fraction of sp³-hybridized carbons (Fsp3) is 0.344. The number of aromatic nitrogens is 2. The minimum absolute atomic E-state index is 0.0188. The van der Waals surface area contributed by atoms with Gasteiger partial charge in [0, 0.05) is 75.4 Å². The van der Waals surface area contributed by atoms with Gasteiger partial charge < -0.3 is 15.0 Å². The molecule has 5 aromatic rings. The Bertz CT molecular complexity index is 1770. The van der Waals surface area contributed by atoms with Crippen molar-refractivity contribution in [2.75, 3.05) is 56.2 Å². The molecule has 41 heavy (non-hydrogen) atoms. The average molecular weight is 570 g/mol. The molecule has 6 rings (SSSR count). The van der Waals surface area contributed by atoms with Crippen LogP contribution < -0.4 is 15.8 Å². The van der Waals surface area contributed by atoms with Crippen LogP contribution in [0.15, 0.2) is 65.6 Å². The van der Waals surface area contributed by atoms with E-state index in [-0.39, 0.29) is 11.5 Å². The number of carbonyl (C=O) groups excluding carboxylic acids is 1. The highest BCUT2D eigenvalue weighted by molar-refractivity contribution is 7.26. The molecule has 1 aliphatic heterocycles. The minimum atomic E-state index is -0.0787. The SMILES string of the molecule is CCCN(CCC)c1cc(=O)n2cccc(-c3cccc4c3sc3ccc(NC(=O)CN5CCOCC5)cc34)c2n1. The summed E-state index contributed by atoms with van der Waals surface area (Å²) in [4.78, 5) is 35.3. The smallest absolute Gasteiger partial charge is 0.259 e. The van der Waals surface area contributed by atoms with E-state index in [0.717, 1.165) is 81.8 Å². The normalized spacial score (nSPS) is 14.2. The van der Waals surface area contributed by atoms with Gasteiger partial charge in [0.2, 0.25) is 5.91 Å². The highest BCUT2D eigenvalue weighted by atomic mass is 32.1. The van der Waals surface area contributed by atoms with Crippen molar-refractivity contribution in [2.24, 2.45) is 0 Å². The van der Waals surface area contributed by atoms with Crippen LogP contribution >= 0.6 is 11.3 Å². The number of carbonyl (C=O) groups is 1. The van der Waals surface area contributed by atoms with Crippen LogP contribution in [0, 0.1) is 0 Å². The topological polar surface area (TPSA) is 79.2 Å². The molecule has 0 saturated carbocycles. The number of pyridine rings is 1. The summed E-state index contributed by atoms with van der Waals surface area (Å²) in [6.45, 7) is 9.24. The van der Waals surface area contributed by atoms with E-state index in [4.69, 9.17) is 9.72 Å². The second-order valence-electron chi connectivity index (χ2n) is 10.5. The molecule has 9 heteroatoms. The lowest BCUT2D eigenvalue weighted by Crippen LogP contribution is -2.41. The van der Waals surface area contributed by atoms with Crippen LogP contribution in [0.2, 0.25) is 0 Å². The summed E-state index contributed by atoms with van der Waals surface area (Å²) >= 11 is 1.72. The zero-order valence-corrected chi connectivity index (χ0v) is 24.4. The van der Waals surface area contributed by atoms with Gasteiger partial charge in [-0.25, -0.2) is 4.98 Å². The predicted molar refractivity (Wildman–Crippen MR) is 168 cm³/mol. The fourth-order valence-electron chi connectivity index (χ4n) is 5.62. The lowest BCUT2D eigenvalue weighted by atomic mass is 10.0. The Kier molecular flexibility index (Phi) is 8.00. The molecular weight excluding hydrogens is 534 g/mol. The Balaban J connectivity index is 1.40. The van der Waals surface area contributed by atoms with E-state index in [1.165, 1.54) is 0 Å². The highest BCUT2D eigenvalue weighted by Crippen LogP contribution is 2.41. The zero-order valence-electron chi connectivity index (χ0n) is 23.6. The molecule has 4 heterocycles. The van der Waals surface area contributed by atoms with Gasteiger partial charge >= 0.3 is 0 Å². The van der Waals surface area contributed by atoms with Gasteiger partial charge in [-0.1, -0.05) is 32.0 Å². The fourth-order valence-corrected chi connectivity index (χ4v) is 6.83. The molecule has 0 aliphatic carbocycles. The van der Waals surface area contributed by atoms with Crippen molar-refractivity contribution in [1.29, 1.82) is 0 Å². The van der Waals surface area contributed by atoms with Gasteiger partial charge in [-0.05, 0) is 43.2 Å². The Labute approximate surface area is 243 Å². The van der Waals surface area contributed by atoms with Crippen LogP contribution in [0.4, 0.5) is 11.5 Å². The molecule has 1 aliphatic rings. The zero-order chi connectivity index (χ0) is 28.3. The molecule has 1 amide bonds. The molecule has 0 bridgehead atoms. The summed E-state index contributed by atoms with van der Waals surface area (Å²) in [7, 11) is 0. The van der Waals surface area contributed by atoms with Crippen molar-refractivity contribution in [1.82, 2.24) is 14.3 Å². The van der Waals surface area contributed by atoms with Gasteiger partial charge in [0.25, 0.3) is 5.56 Å². The average Bonchev–Trinajstić information content (AvgIpc) is 3.35. The lowest BCUT2D eigenvalue weighted by Gasteiger charge is -2.25. The highest BCUT2D eigenvalue weighted by Gasteiger charge is 2.18. The van der Waals surface area contributed by atoms with Crippen LogP contribution in [-0.4, -0.2) is 66.1 Å². The van der Waals surface area contributed by atoms with E-state index < -0.39 is 0 Å². The molecule has 1 N–H and O–H groups in total. The van der Waals surface area contributed by atoms with Crippen LogP contribution in [0.25, 0.3) is 36.9 Å². The molecule has 0 unspecified atom stereocenters. The second kappa shape index (κ2) is 12.0. The van der Waals surface area contributed by atoms with Gasteiger partial charge in [-0.3, -0.25) is 18.9 Å². The van der Waals surface area contributed by atoms with Gasteiger partial charge in [0.15, 0.2) is 0 Å². The maximum Gasteiger partial charge on any atom is 0.259 e. The van der Waals surface area contributed by atoms with E-state index in [0.29, 0.717) is 25.4 Å². The van der Waals surface area contributed by atoms with E-state index in [1.54, 1.807) is 28.0 Å². The van der Waals surface area contributed by atoms with E-state index in [2.05, 4.69) is 59.3 Å². The number of ether oxygens (including phenoxy) is 1. The first-order chi connectivity index (χ1) is 20.1. The van der Waals surface area contributed by atoms with Crippen molar-refractivity contribution in [3.05, 3.63) is 71.1 Å². The van der Waals surface area contributed by atoms with E-state index in [9.17, 15) is 9.59 Å². The van der Waals surface area contributed by atoms with Gasteiger partial charge in [0.1, 0.15) is 11.5 Å². The maximum atomic E-state index is 13.2. The molecule has 8 nitrogen and oxygen atoms in total. The largest absolute Gasteiger partial charge is 0.379 e. The Morgan fingerprint density at radius 3 is 2.56 bits per heavy atom. The summed E-state index contributed by atoms with van der Waals surface area (Å²) in [5, 5.41) is 5.29. The number of nitrogens with one attached hydrogen (secondary N) is 1. The van der Waals surface area contributed by atoms with E-state index >= 15 is 0 Å². The third-order valence-electron chi connectivity index (χ3n) is 7.53. The molecule has 1 fully saturated rings. The summed E-state index contributed by atoms with van der Waals surface area (Å²) in [6, 6.07) is 18.0. The van der Waals surface area contributed by atoms with Gasteiger partial charge in [-0.15, -0.1) is 11.3 Å². The van der Waals surface area contributed by atoms with Crippen LogP contribution in [0.3, 0.4) is 0 Å². The summed E-state index contributed by atoms with van der Waals surface area (Å²) < 4.78 is 9.30. The van der Waals surface area contributed by atoms with Gasteiger partial charge in [0.05, 0.1) is 19.8 Å². The molecule has 0 spiro atoms. The number of hydrogen-bond acceptors (Lipinski definition) is 7. The minimum Gasteiger partial charge on any atom is -0.379 e. The molecule has 0 radical (unpaired) electrons. The van der Waals surface area contributed by atoms with Crippen molar-refractivity contribution < 1.29 is 9.53 Å². The third-order valence-corrected chi connectivity index (χ3v) is 8.75. The first kappa shape index (κ1) is 27.4. The first-order valence-electron chi connectivity index (χ1n) is 14.4. The number of fused-ring (bicyclic) bond motifs is 4. The molecule has 0 atom stereocenters. The lowest BCUT2D eigenvalue weighted by molar-refractivity contribution is -0.118. The van der Waals surface area contributed by atoms with Crippen molar-refractivity contribution in [3.8, 4) is 11.1 Å². The second-order valence-corrected chi connectivity index (χ2v) is 11.5. The van der Waals surface area contributed by atoms with Crippen molar-refractivity contribution in [3.63, 3.8) is 0 Å². The Morgan fingerprint density at radius 2 is 1.78 bits per heavy atom. The number of rotatable bonds is 9. The number of benzene rings is 2. The Morgan fingerprint density at radius 1 is 1.00 bits per heavy atom. The van der Waals surface area contributed by atoms with Crippen LogP contribution in [0.5, 0.6) is 0 Å². The summed E-state index contributed by atoms with van der Waals surface area (Å²) in [5.74, 6) is 0.710. The summed E-state index contributed by atoms with van der Waals surface area (Å²) in [6.07, 6.45) is 3.76. The van der Waals surface area contributed by atoms with E-state index in [1.807, 2.05) is 18.2 Å². The Hall–Kier alpha value is -3.79. The first-order valence-corrected chi connectivity index (χ1v) is 15.2. The number of hydrogen-bond donors (Lipinski definition) is 1. The van der Waals surface area contributed by atoms with Crippen molar-refractivity contribution >= 4 is 54.6 Å².